The highest BCUT2D eigenvalue weighted by Gasteiger charge is 2.72. The minimum atomic E-state index is -3.63. The number of nitrogens with one attached hydrogen (secondary N) is 1. The van der Waals surface area contributed by atoms with Crippen LogP contribution in [0.25, 0.3) is 6.08 Å². The molecule has 4 atom stereocenters. The van der Waals surface area contributed by atoms with Crippen LogP contribution in [0, 0.1) is 22.7 Å². The summed E-state index contributed by atoms with van der Waals surface area (Å²) in [6.07, 6.45) is 7.97. The van der Waals surface area contributed by atoms with Gasteiger partial charge in [0.15, 0.2) is 0 Å². The predicted molar refractivity (Wildman–Crippen MR) is 146 cm³/mol. The Hall–Kier alpha value is -1.74. The van der Waals surface area contributed by atoms with Crippen molar-refractivity contribution in [2.24, 2.45) is 28.4 Å². The maximum Gasteiger partial charge on any atom is 0.237 e. The Morgan fingerprint density at radius 3 is 2.51 bits per heavy atom. The lowest BCUT2D eigenvalue weighted by Gasteiger charge is -2.49. The average Bonchev–Trinajstić information content (AvgIpc) is 3.38. The largest absolute Gasteiger partial charge is 0.387 e. The number of aliphatic hydroxyl groups is 1. The van der Waals surface area contributed by atoms with Crippen molar-refractivity contribution in [3.05, 3.63) is 41.5 Å². The van der Waals surface area contributed by atoms with Crippen LogP contribution in [-0.4, -0.2) is 60.8 Å². The molecule has 2 saturated carbocycles. The summed E-state index contributed by atoms with van der Waals surface area (Å²) in [5.74, 6) is -0.197. The molecule has 0 radical (unpaired) electrons. The minimum absolute atomic E-state index is 0.0236. The number of sulfonamides is 1. The van der Waals surface area contributed by atoms with E-state index < -0.39 is 27.1 Å². The number of fused-ring (bicyclic) bond motifs is 4. The second kappa shape index (κ2) is 8.90. The molecule has 1 spiro atoms. The van der Waals surface area contributed by atoms with Gasteiger partial charge in [-0.2, -0.15) is 0 Å². The van der Waals surface area contributed by atoms with Gasteiger partial charge in [0.05, 0.1) is 17.4 Å². The number of allylic oxidation sites excluding steroid dienone is 1. The van der Waals surface area contributed by atoms with Crippen molar-refractivity contribution in [1.29, 1.82) is 0 Å². The molecule has 1 aromatic rings. The van der Waals surface area contributed by atoms with E-state index in [1.54, 1.807) is 4.31 Å². The maximum absolute atomic E-state index is 14.0. The topological polar surface area (TPSA) is 113 Å². The molecule has 1 aromatic carbocycles. The second-order valence-electron chi connectivity index (χ2n) is 13.0. The Labute approximate surface area is 221 Å². The molecule has 3 unspecified atom stereocenters. The summed E-state index contributed by atoms with van der Waals surface area (Å²) in [4.78, 5) is 12.6. The summed E-state index contributed by atoms with van der Waals surface area (Å²) in [6.45, 7) is 8.95. The number of nitrogens with zero attached hydrogens (tertiary/aromatic N) is 1. The van der Waals surface area contributed by atoms with Gasteiger partial charge in [-0.05, 0) is 60.5 Å². The van der Waals surface area contributed by atoms with E-state index in [2.05, 4.69) is 49.5 Å². The summed E-state index contributed by atoms with van der Waals surface area (Å²) in [5, 5.41) is 14.9. The average molecular weight is 530 g/mol. The van der Waals surface area contributed by atoms with E-state index in [9.17, 15) is 18.3 Å². The summed E-state index contributed by atoms with van der Waals surface area (Å²) >= 11 is 0. The number of nitrogens with two attached hydrogens (primary N) is 1. The van der Waals surface area contributed by atoms with Crippen molar-refractivity contribution in [1.82, 2.24) is 9.62 Å². The predicted octanol–water partition coefficient (Wildman–Crippen LogP) is 3.03. The summed E-state index contributed by atoms with van der Waals surface area (Å²) in [6, 6.07) is 7.72. The van der Waals surface area contributed by atoms with Gasteiger partial charge in [-0.15, -0.1) is 0 Å². The minimum Gasteiger partial charge on any atom is -0.387 e. The number of amides is 1. The van der Waals surface area contributed by atoms with Gasteiger partial charge in [-0.25, -0.2) is 12.7 Å². The SMILES string of the molecule is CC(C)[C@H](N)C(=O)NCC1(O)CC2CCC1(CS(=O)(=O)N1CCC3(C=Cc4ccccc43)CC1)C2(C)C. The smallest absolute Gasteiger partial charge is 0.237 e. The normalized spacial score (nSPS) is 32.7. The molecule has 8 heteroatoms. The number of carbonyl (C=O) groups excluding carboxylic acids is 1. The number of hydrogen-bond donors (Lipinski definition) is 3. The summed E-state index contributed by atoms with van der Waals surface area (Å²) in [7, 11) is -3.63. The standard InChI is InChI=1S/C29H43N3O4S/c1-20(2)24(30)25(33)31-18-29(34)17-22-10-12-28(29,26(22,3)4)19-37(35,36)32-15-13-27(14-16-32)11-9-21-7-5-6-8-23(21)27/h5-9,11,20,22,24,34H,10,12-19,30H2,1-4H3,(H,31,33)/t22?,24-,28?,29?/m0/s1. The maximum atomic E-state index is 14.0. The molecule has 204 valence electrons. The number of benzene rings is 1. The Bertz CT molecular complexity index is 1200. The van der Waals surface area contributed by atoms with Crippen molar-refractivity contribution < 1.29 is 18.3 Å². The molecule has 1 aliphatic heterocycles. The van der Waals surface area contributed by atoms with Crippen LogP contribution in [0.4, 0.5) is 0 Å². The van der Waals surface area contributed by atoms with Gasteiger partial charge in [0, 0.05) is 30.5 Å². The first-order chi connectivity index (χ1) is 17.3. The van der Waals surface area contributed by atoms with Gasteiger partial charge in [0.1, 0.15) is 0 Å². The molecule has 3 fully saturated rings. The monoisotopic (exact) mass is 529 g/mol. The number of carbonyl (C=O) groups is 1. The van der Waals surface area contributed by atoms with E-state index >= 15 is 0 Å². The van der Waals surface area contributed by atoms with Crippen molar-refractivity contribution in [3.63, 3.8) is 0 Å². The van der Waals surface area contributed by atoms with Gasteiger partial charge >= 0.3 is 0 Å². The van der Waals surface area contributed by atoms with Crippen LogP contribution in [-0.2, 0) is 20.2 Å². The zero-order valence-corrected chi connectivity index (χ0v) is 23.5. The van der Waals surface area contributed by atoms with Crippen molar-refractivity contribution in [3.8, 4) is 0 Å². The van der Waals surface area contributed by atoms with E-state index in [-0.39, 0.29) is 40.9 Å². The fourth-order valence-corrected chi connectivity index (χ4v) is 10.3. The van der Waals surface area contributed by atoms with Crippen LogP contribution < -0.4 is 11.1 Å². The van der Waals surface area contributed by atoms with Crippen LogP contribution in [0.3, 0.4) is 0 Å². The van der Waals surface area contributed by atoms with Crippen LogP contribution >= 0.6 is 0 Å². The molecule has 3 aliphatic carbocycles. The van der Waals surface area contributed by atoms with Gasteiger partial charge in [-0.3, -0.25) is 4.79 Å². The Kier molecular flexibility index (Phi) is 6.46. The number of hydrogen-bond acceptors (Lipinski definition) is 5. The lowest BCUT2D eigenvalue weighted by molar-refractivity contribution is -0.128. The molecule has 0 aromatic heterocycles. The third kappa shape index (κ3) is 4.01. The molecule has 1 amide bonds. The van der Waals surface area contributed by atoms with Crippen LogP contribution in [0.2, 0.25) is 0 Å². The van der Waals surface area contributed by atoms with E-state index in [0.717, 1.165) is 19.3 Å². The zero-order valence-electron chi connectivity index (χ0n) is 22.7. The van der Waals surface area contributed by atoms with Crippen LogP contribution in [0.1, 0.15) is 70.9 Å². The molecular formula is C29H43N3O4S. The van der Waals surface area contributed by atoms with Gasteiger partial charge in [0.2, 0.25) is 15.9 Å². The molecule has 7 nitrogen and oxygen atoms in total. The zero-order chi connectivity index (χ0) is 26.9. The first-order valence-electron chi connectivity index (χ1n) is 13.8. The molecule has 37 heavy (non-hydrogen) atoms. The van der Waals surface area contributed by atoms with E-state index in [1.807, 2.05) is 19.9 Å². The van der Waals surface area contributed by atoms with Crippen molar-refractivity contribution in [2.45, 2.75) is 76.9 Å². The molecule has 1 heterocycles. The van der Waals surface area contributed by atoms with Gasteiger partial charge < -0.3 is 16.2 Å². The van der Waals surface area contributed by atoms with E-state index in [0.29, 0.717) is 25.9 Å². The van der Waals surface area contributed by atoms with Gasteiger partial charge in [0.25, 0.3) is 0 Å². The summed E-state index contributed by atoms with van der Waals surface area (Å²) < 4.78 is 29.6. The molecule has 2 bridgehead atoms. The Morgan fingerprint density at radius 2 is 1.86 bits per heavy atom. The highest BCUT2D eigenvalue weighted by atomic mass is 32.2. The third-order valence-corrected chi connectivity index (χ3v) is 12.8. The third-order valence-electron chi connectivity index (χ3n) is 10.7. The molecule has 1 saturated heterocycles. The molecule has 5 rings (SSSR count). The van der Waals surface area contributed by atoms with Crippen LogP contribution in [0.15, 0.2) is 30.3 Å². The highest BCUT2D eigenvalue weighted by Crippen LogP contribution is 2.70. The Morgan fingerprint density at radius 1 is 1.19 bits per heavy atom. The van der Waals surface area contributed by atoms with E-state index in [1.165, 1.54) is 11.1 Å². The fourth-order valence-electron chi connectivity index (χ4n) is 8.01. The quantitative estimate of drug-likeness (QED) is 0.503. The highest BCUT2D eigenvalue weighted by molar-refractivity contribution is 7.89. The molecule has 4 N–H and O–H groups in total. The number of piperidine rings is 1. The summed E-state index contributed by atoms with van der Waals surface area (Å²) in [5.41, 5.74) is 5.99. The second-order valence-corrected chi connectivity index (χ2v) is 15.0. The molecule has 4 aliphatic rings. The first-order valence-corrected chi connectivity index (χ1v) is 15.4. The lowest BCUT2D eigenvalue weighted by Crippen LogP contribution is -2.61. The Balaban J connectivity index is 1.34. The first kappa shape index (κ1) is 26.9. The van der Waals surface area contributed by atoms with E-state index in [4.69, 9.17) is 5.73 Å². The van der Waals surface area contributed by atoms with Crippen LogP contribution in [0.5, 0.6) is 0 Å². The van der Waals surface area contributed by atoms with Crippen molar-refractivity contribution >= 4 is 22.0 Å². The number of rotatable bonds is 7. The fraction of sp³-hybridized carbons (Fsp3) is 0.690. The molecular weight excluding hydrogens is 486 g/mol. The van der Waals surface area contributed by atoms with Gasteiger partial charge in [-0.1, -0.05) is 64.1 Å². The van der Waals surface area contributed by atoms with Crippen molar-refractivity contribution in [2.75, 3.05) is 25.4 Å². The lowest BCUT2D eigenvalue weighted by atomic mass is 9.64.